The number of nitrogens with one attached hydrogen (secondary N) is 2. The number of amides is 2. The largest absolute Gasteiger partial charge is 0.355 e. The molecule has 0 heterocycles. The average molecular weight is 363 g/mol. The SMILES string of the molecule is CCOP(=O)(OCC)C(C)(CC)NC(=O)Nc1cccc(Cl)c1. The van der Waals surface area contributed by atoms with Crippen LogP contribution in [0.2, 0.25) is 5.02 Å². The van der Waals surface area contributed by atoms with Crippen molar-refractivity contribution in [2.75, 3.05) is 18.5 Å². The van der Waals surface area contributed by atoms with Gasteiger partial charge < -0.3 is 19.7 Å². The van der Waals surface area contributed by atoms with Crippen LogP contribution in [-0.4, -0.2) is 24.5 Å². The second-order valence-electron chi connectivity index (χ2n) is 5.05. The summed E-state index contributed by atoms with van der Waals surface area (Å²) in [6.07, 6.45) is 0.382. The molecule has 0 saturated carbocycles. The van der Waals surface area contributed by atoms with Crippen LogP contribution >= 0.6 is 19.2 Å². The smallest absolute Gasteiger partial charge is 0.321 e. The van der Waals surface area contributed by atoms with Crippen molar-refractivity contribution in [1.82, 2.24) is 5.32 Å². The molecule has 1 rings (SSSR count). The van der Waals surface area contributed by atoms with E-state index in [1.807, 2.05) is 6.92 Å². The van der Waals surface area contributed by atoms with Crippen LogP contribution in [0.5, 0.6) is 0 Å². The predicted molar refractivity (Wildman–Crippen MR) is 93.2 cm³/mol. The molecule has 130 valence electrons. The van der Waals surface area contributed by atoms with E-state index in [1.165, 1.54) is 0 Å². The number of halogens is 1. The van der Waals surface area contributed by atoms with Gasteiger partial charge in [0.15, 0.2) is 0 Å². The lowest BCUT2D eigenvalue weighted by Crippen LogP contribution is -2.48. The number of anilines is 1. The second-order valence-corrected chi connectivity index (χ2v) is 7.98. The zero-order valence-electron chi connectivity index (χ0n) is 13.9. The number of rotatable bonds is 8. The van der Waals surface area contributed by atoms with Crippen LogP contribution < -0.4 is 10.6 Å². The Bertz CT molecular complexity index is 574. The number of urea groups is 1. The highest BCUT2D eigenvalue weighted by atomic mass is 35.5. The maximum absolute atomic E-state index is 13.0. The Morgan fingerprint density at radius 2 is 1.87 bits per heavy atom. The van der Waals surface area contributed by atoms with Gasteiger partial charge in [0.05, 0.1) is 13.2 Å². The van der Waals surface area contributed by atoms with Crippen LogP contribution in [0.15, 0.2) is 24.3 Å². The molecule has 8 heteroatoms. The molecule has 0 spiro atoms. The standard InChI is InChI=1S/C15H24ClN2O4P/c1-5-15(4,23(20,21-6-2)22-7-3)18-14(19)17-13-10-8-9-12(16)11-13/h8-11H,5-7H2,1-4H3,(H2,17,18,19). The second kappa shape index (κ2) is 8.69. The predicted octanol–water partition coefficient (Wildman–Crippen LogP) is 4.85. The highest BCUT2D eigenvalue weighted by Crippen LogP contribution is 2.59. The highest BCUT2D eigenvalue weighted by Gasteiger charge is 2.47. The molecule has 0 bridgehead atoms. The highest BCUT2D eigenvalue weighted by molar-refractivity contribution is 7.55. The third-order valence-electron chi connectivity index (χ3n) is 3.36. The Morgan fingerprint density at radius 1 is 1.26 bits per heavy atom. The summed E-state index contributed by atoms with van der Waals surface area (Å²) in [4.78, 5) is 12.3. The summed E-state index contributed by atoms with van der Waals surface area (Å²) in [6, 6.07) is 6.26. The van der Waals surface area contributed by atoms with Gasteiger partial charge in [-0.15, -0.1) is 0 Å². The summed E-state index contributed by atoms with van der Waals surface area (Å²) in [5.41, 5.74) is 0.538. The van der Waals surface area contributed by atoms with Crippen LogP contribution in [0.1, 0.15) is 34.1 Å². The summed E-state index contributed by atoms with van der Waals surface area (Å²) in [5, 5.41) is 4.75. The lowest BCUT2D eigenvalue weighted by Gasteiger charge is -2.35. The fourth-order valence-corrected chi connectivity index (χ4v) is 4.13. The number of carbonyl (C=O) groups is 1. The number of hydrogen-bond acceptors (Lipinski definition) is 4. The first-order chi connectivity index (χ1) is 10.8. The van der Waals surface area contributed by atoms with Crippen LogP contribution in [0, 0.1) is 0 Å². The lowest BCUT2D eigenvalue weighted by atomic mass is 10.2. The van der Waals surface area contributed by atoms with Gasteiger partial charge in [-0.3, -0.25) is 4.57 Å². The summed E-state index contributed by atoms with van der Waals surface area (Å²) in [6.45, 7) is 7.37. The van der Waals surface area contributed by atoms with Crippen molar-refractivity contribution < 1.29 is 18.4 Å². The van der Waals surface area contributed by atoms with Crippen molar-refractivity contribution in [3.05, 3.63) is 29.3 Å². The van der Waals surface area contributed by atoms with E-state index in [2.05, 4.69) is 10.6 Å². The summed E-state index contributed by atoms with van der Waals surface area (Å²) in [7, 11) is -3.51. The van der Waals surface area contributed by atoms with Crippen LogP contribution in [0.25, 0.3) is 0 Å². The molecule has 0 aliphatic heterocycles. The van der Waals surface area contributed by atoms with Gasteiger partial charge >= 0.3 is 13.6 Å². The number of hydrogen-bond donors (Lipinski definition) is 2. The number of benzene rings is 1. The third-order valence-corrected chi connectivity index (χ3v) is 6.42. The van der Waals surface area contributed by atoms with Gasteiger partial charge in [-0.1, -0.05) is 24.6 Å². The van der Waals surface area contributed by atoms with E-state index in [4.69, 9.17) is 20.6 Å². The summed E-state index contributed by atoms with van der Waals surface area (Å²) >= 11 is 5.89. The molecule has 2 amide bonds. The van der Waals surface area contributed by atoms with E-state index < -0.39 is 18.9 Å². The fraction of sp³-hybridized carbons (Fsp3) is 0.533. The van der Waals surface area contributed by atoms with E-state index in [0.717, 1.165) is 0 Å². The molecule has 6 nitrogen and oxygen atoms in total. The molecule has 1 aromatic rings. The maximum atomic E-state index is 13.0. The molecular weight excluding hydrogens is 339 g/mol. The van der Waals surface area contributed by atoms with E-state index in [-0.39, 0.29) is 13.2 Å². The summed E-state index contributed by atoms with van der Waals surface area (Å²) < 4.78 is 23.7. The zero-order valence-corrected chi connectivity index (χ0v) is 15.5. The average Bonchev–Trinajstić information content (AvgIpc) is 2.47. The minimum absolute atomic E-state index is 0.227. The van der Waals surface area contributed by atoms with Gasteiger partial charge in [0.25, 0.3) is 0 Å². The molecule has 1 unspecified atom stereocenters. The molecule has 1 atom stereocenters. The maximum Gasteiger partial charge on any atom is 0.355 e. The first kappa shape index (κ1) is 20.0. The first-order valence-electron chi connectivity index (χ1n) is 7.54. The van der Waals surface area contributed by atoms with Crippen LogP contribution in [0.4, 0.5) is 10.5 Å². The van der Waals surface area contributed by atoms with Gasteiger partial charge in [0.1, 0.15) is 5.28 Å². The molecule has 2 N–H and O–H groups in total. The minimum atomic E-state index is -3.51. The molecule has 0 radical (unpaired) electrons. The van der Waals surface area contributed by atoms with Crippen molar-refractivity contribution in [3.63, 3.8) is 0 Å². The molecular formula is C15H24ClN2O4P. The Morgan fingerprint density at radius 3 is 2.35 bits per heavy atom. The Labute approximate surface area is 142 Å². The van der Waals surface area contributed by atoms with Gasteiger partial charge in [-0.2, -0.15) is 0 Å². The molecule has 0 aliphatic carbocycles. The molecule has 0 aliphatic rings. The van der Waals surface area contributed by atoms with Crippen molar-refractivity contribution in [3.8, 4) is 0 Å². The summed E-state index contributed by atoms with van der Waals surface area (Å²) in [5.74, 6) is 0. The molecule has 1 aromatic carbocycles. The molecule has 23 heavy (non-hydrogen) atoms. The Kier molecular flexibility index (Phi) is 7.55. The van der Waals surface area contributed by atoms with Crippen molar-refractivity contribution >= 4 is 30.9 Å². The van der Waals surface area contributed by atoms with Gasteiger partial charge in [-0.05, 0) is 45.4 Å². The first-order valence-corrected chi connectivity index (χ1v) is 9.46. The Hall–Kier alpha value is -1.07. The zero-order chi connectivity index (χ0) is 17.5. The van der Waals surface area contributed by atoms with E-state index in [9.17, 15) is 9.36 Å². The molecule has 0 saturated heterocycles. The molecule has 0 aromatic heterocycles. The number of carbonyl (C=O) groups excluding carboxylic acids is 1. The minimum Gasteiger partial charge on any atom is -0.321 e. The van der Waals surface area contributed by atoms with E-state index in [0.29, 0.717) is 17.1 Å². The van der Waals surface area contributed by atoms with E-state index in [1.54, 1.807) is 45.0 Å². The van der Waals surface area contributed by atoms with Crippen molar-refractivity contribution in [1.29, 1.82) is 0 Å². The topological polar surface area (TPSA) is 76.7 Å². The lowest BCUT2D eigenvalue weighted by molar-refractivity contribution is 0.186. The molecule has 0 fully saturated rings. The van der Waals surface area contributed by atoms with E-state index >= 15 is 0 Å². The van der Waals surface area contributed by atoms with Gasteiger partial charge in [0, 0.05) is 10.7 Å². The quantitative estimate of drug-likeness (QED) is 0.648. The van der Waals surface area contributed by atoms with Gasteiger partial charge in [-0.25, -0.2) is 4.79 Å². The van der Waals surface area contributed by atoms with Gasteiger partial charge in [0.2, 0.25) is 0 Å². The van der Waals surface area contributed by atoms with Crippen molar-refractivity contribution in [2.24, 2.45) is 0 Å². The van der Waals surface area contributed by atoms with Crippen LogP contribution in [-0.2, 0) is 13.6 Å². The van der Waals surface area contributed by atoms with Crippen molar-refractivity contribution in [2.45, 2.75) is 39.4 Å². The third kappa shape index (κ3) is 5.21. The normalized spacial score (nSPS) is 14.1. The fourth-order valence-electron chi connectivity index (χ4n) is 1.99. The Balaban J connectivity index is 2.91. The monoisotopic (exact) mass is 362 g/mol. The van der Waals surface area contributed by atoms with Crippen LogP contribution in [0.3, 0.4) is 0 Å².